The van der Waals surface area contributed by atoms with Crippen molar-refractivity contribution in [3.8, 4) is 22.3 Å². The third-order valence-corrected chi connectivity index (χ3v) is 17.3. The summed E-state index contributed by atoms with van der Waals surface area (Å²) < 4.78 is 2.67. The molecule has 7 aliphatic rings. The van der Waals surface area contributed by atoms with Crippen molar-refractivity contribution >= 4 is 48.6 Å². The summed E-state index contributed by atoms with van der Waals surface area (Å²) in [5.74, 6) is 3.86. The number of hydrogen-bond acceptors (Lipinski definition) is 2. The predicted molar refractivity (Wildman–Crippen MR) is 262 cm³/mol. The molecule has 7 aromatic carbocycles. The van der Waals surface area contributed by atoms with Gasteiger partial charge >= 0.3 is 0 Å². The first-order chi connectivity index (χ1) is 30.7. The number of para-hydroxylation sites is 1. The van der Waals surface area contributed by atoms with Crippen LogP contribution in [0, 0.1) is 23.7 Å². The van der Waals surface area contributed by atoms with E-state index in [9.17, 15) is 0 Å². The normalized spacial score (nSPS) is 25.5. The monoisotopic (exact) mass is 817 g/mol. The summed E-state index contributed by atoms with van der Waals surface area (Å²) in [6.07, 6.45) is 19.0. The maximum Gasteiger partial charge on any atom is 0.0543 e. The van der Waals surface area contributed by atoms with Crippen LogP contribution < -0.4 is 4.90 Å². The van der Waals surface area contributed by atoms with Gasteiger partial charge in [0.2, 0.25) is 0 Å². The molecule has 1 heterocycles. The molecule has 1 aromatic heterocycles. The first-order valence-corrected chi connectivity index (χ1v) is 24.1. The minimum absolute atomic E-state index is 0.0492. The van der Waals surface area contributed by atoms with Crippen LogP contribution in [0.5, 0.6) is 0 Å². The fourth-order valence-corrected chi connectivity index (χ4v) is 14.6. The average Bonchev–Trinajstić information content (AvgIpc) is 3.83. The molecule has 1 spiro atoms. The number of benzene rings is 7. The van der Waals surface area contributed by atoms with Gasteiger partial charge in [0, 0.05) is 54.2 Å². The molecule has 0 N–H and O–H groups in total. The van der Waals surface area contributed by atoms with E-state index in [1.165, 1.54) is 116 Å². The van der Waals surface area contributed by atoms with Gasteiger partial charge < -0.3 is 4.90 Å². The van der Waals surface area contributed by atoms with Crippen LogP contribution >= 0.6 is 11.3 Å². The lowest BCUT2D eigenvalue weighted by Gasteiger charge is -2.53. The van der Waals surface area contributed by atoms with Gasteiger partial charge in [-0.2, -0.15) is 0 Å². The van der Waals surface area contributed by atoms with Crippen molar-refractivity contribution in [2.45, 2.75) is 62.2 Å². The van der Waals surface area contributed by atoms with Crippen molar-refractivity contribution in [3.63, 3.8) is 0 Å². The second kappa shape index (κ2) is 14.6. The maximum atomic E-state index is 2.65. The molecule has 6 atom stereocenters. The van der Waals surface area contributed by atoms with E-state index >= 15 is 0 Å². The largest absolute Gasteiger partial charge is 0.309 e. The molecule has 0 radical (unpaired) electrons. The fraction of sp³-hybridized carbons (Fsp3) is 0.233. The van der Waals surface area contributed by atoms with E-state index in [1.54, 1.807) is 11.1 Å². The van der Waals surface area contributed by atoms with Crippen LogP contribution in [0.2, 0.25) is 0 Å². The zero-order chi connectivity index (χ0) is 40.8. The molecule has 1 nitrogen and oxygen atoms in total. The maximum absolute atomic E-state index is 2.65. The lowest BCUT2D eigenvalue weighted by Crippen LogP contribution is -2.45. The minimum atomic E-state index is 0.0492. The summed E-state index contributed by atoms with van der Waals surface area (Å²) in [5, 5.41) is 2.66. The number of nitrogens with zero attached hydrogens (tertiary/aromatic N) is 1. The van der Waals surface area contributed by atoms with Crippen LogP contribution in [0.15, 0.2) is 188 Å². The Hall–Kier alpha value is -5.96. The molecule has 0 aliphatic heterocycles. The lowest BCUT2D eigenvalue weighted by atomic mass is 9.51. The molecule has 5 fully saturated rings. The van der Waals surface area contributed by atoms with E-state index in [4.69, 9.17) is 0 Å². The van der Waals surface area contributed by atoms with Crippen LogP contribution in [0.4, 0.5) is 17.1 Å². The van der Waals surface area contributed by atoms with Crippen LogP contribution in [-0.4, -0.2) is 0 Å². The molecular formula is C60H51NS. The molecule has 6 unspecified atom stereocenters. The van der Waals surface area contributed by atoms with E-state index in [2.05, 4.69) is 193 Å². The van der Waals surface area contributed by atoms with Crippen LogP contribution in [0.3, 0.4) is 0 Å². The van der Waals surface area contributed by atoms with Crippen LogP contribution in [0.25, 0.3) is 42.4 Å². The summed E-state index contributed by atoms with van der Waals surface area (Å²) in [6, 6.07) is 62.7. The molecule has 7 aliphatic carbocycles. The summed E-state index contributed by atoms with van der Waals surface area (Å²) in [7, 11) is 0. The van der Waals surface area contributed by atoms with E-state index in [1.807, 2.05) is 11.3 Å². The third-order valence-electron chi connectivity index (χ3n) is 16.2. The number of hydrogen-bond donors (Lipinski definition) is 0. The highest BCUT2D eigenvalue weighted by Gasteiger charge is 2.53. The number of thiophene rings is 1. The first kappa shape index (κ1) is 36.7. The number of allylic oxidation sites excluding steroid dienone is 4. The minimum Gasteiger partial charge on any atom is -0.309 e. The number of rotatable bonds is 6. The van der Waals surface area contributed by atoms with Gasteiger partial charge in [0.1, 0.15) is 0 Å². The molecule has 62 heavy (non-hydrogen) atoms. The fourth-order valence-electron chi connectivity index (χ4n) is 13.5. The van der Waals surface area contributed by atoms with Gasteiger partial charge in [0.15, 0.2) is 0 Å². The average molecular weight is 818 g/mol. The van der Waals surface area contributed by atoms with Gasteiger partial charge in [-0.3, -0.25) is 0 Å². The van der Waals surface area contributed by atoms with E-state index < -0.39 is 0 Å². The lowest BCUT2D eigenvalue weighted by molar-refractivity contribution is 0.0152. The van der Waals surface area contributed by atoms with Crippen molar-refractivity contribution in [2.24, 2.45) is 23.7 Å². The van der Waals surface area contributed by atoms with Gasteiger partial charge in [-0.15, -0.1) is 11.3 Å². The Kier molecular flexibility index (Phi) is 8.62. The van der Waals surface area contributed by atoms with Crippen LogP contribution in [0.1, 0.15) is 79.0 Å². The van der Waals surface area contributed by atoms with Gasteiger partial charge in [0.25, 0.3) is 0 Å². The quantitative estimate of drug-likeness (QED) is 0.162. The van der Waals surface area contributed by atoms with Gasteiger partial charge in [-0.1, -0.05) is 152 Å². The number of anilines is 3. The highest BCUT2D eigenvalue weighted by Crippen LogP contribution is 2.65. The summed E-state index contributed by atoms with van der Waals surface area (Å²) in [6.45, 7) is 0. The van der Waals surface area contributed by atoms with Crippen molar-refractivity contribution in [2.75, 3.05) is 4.90 Å². The van der Waals surface area contributed by atoms with E-state index in [0.717, 1.165) is 23.7 Å². The molecule has 302 valence electrons. The van der Waals surface area contributed by atoms with Crippen molar-refractivity contribution in [1.29, 1.82) is 0 Å². The summed E-state index contributed by atoms with van der Waals surface area (Å²) >= 11 is 1.90. The van der Waals surface area contributed by atoms with Gasteiger partial charge in [-0.25, -0.2) is 0 Å². The summed E-state index contributed by atoms with van der Waals surface area (Å²) in [4.78, 5) is 2.65. The first-order valence-electron chi connectivity index (χ1n) is 23.2. The Morgan fingerprint density at radius 2 is 1.10 bits per heavy atom. The van der Waals surface area contributed by atoms with Crippen LogP contribution in [-0.2, 0) is 5.41 Å². The zero-order valence-corrected chi connectivity index (χ0v) is 36.0. The van der Waals surface area contributed by atoms with Gasteiger partial charge in [0.05, 0.1) is 11.4 Å². The Balaban J connectivity index is 1.05. The second-order valence-electron chi connectivity index (χ2n) is 19.1. The van der Waals surface area contributed by atoms with Gasteiger partial charge in [-0.05, 0) is 138 Å². The van der Waals surface area contributed by atoms with Crippen molar-refractivity contribution < 1.29 is 0 Å². The Morgan fingerprint density at radius 1 is 0.468 bits per heavy atom. The highest BCUT2D eigenvalue weighted by atomic mass is 32.1. The van der Waals surface area contributed by atoms with E-state index in [0.29, 0.717) is 0 Å². The second-order valence-corrected chi connectivity index (χ2v) is 20.2. The smallest absolute Gasteiger partial charge is 0.0543 e. The molecule has 15 rings (SSSR count). The molecule has 5 saturated carbocycles. The third kappa shape index (κ3) is 5.65. The molecule has 0 amide bonds. The molecular weight excluding hydrogens is 767 g/mol. The SMILES string of the molecule is C1=CC(c2ccccc2)C(c2ccccc2-c2ccccc2N(c2ccc3sc4ccccc4c3c2)c2cccc3c2-c2ccccc2C32CC3CCC4CC3CCC4C2)C=C1. The Morgan fingerprint density at radius 3 is 1.94 bits per heavy atom. The Bertz CT molecular complexity index is 3060. The molecule has 2 heteroatoms. The van der Waals surface area contributed by atoms with Crippen molar-refractivity contribution in [1.82, 2.24) is 0 Å². The molecule has 0 saturated heterocycles. The molecule has 8 aromatic rings. The predicted octanol–water partition coefficient (Wildman–Crippen LogP) is 16.7. The van der Waals surface area contributed by atoms with E-state index in [-0.39, 0.29) is 17.3 Å². The highest BCUT2D eigenvalue weighted by molar-refractivity contribution is 7.25. The zero-order valence-electron chi connectivity index (χ0n) is 35.2. The van der Waals surface area contributed by atoms with Crippen molar-refractivity contribution in [3.05, 3.63) is 210 Å². The Labute approximate surface area is 370 Å². The standard InChI is InChI=1S/C60H51NS/c1-2-15-39(16-3-1)45-17-4-5-18-46(45)47-19-6-7-20-48(47)49-21-9-12-26-55(49)61(44-33-34-58-52(36-44)50-22-10-13-28-57(50)62-58)56-27-14-25-54-59(56)51-23-8-11-24-53(51)60(54)37-42-31-29-40-35-41(42)30-32-43(40)38-60/h1-28,33-34,36,40-43,45-46H,29-32,35,37-38H2. The summed E-state index contributed by atoms with van der Waals surface area (Å²) in [5.41, 5.74) is 15.1. The number of fused-ring (bicyclic) bond motifs is 8. The topological polar surface area (TPSA) is 3.24 Å². The molecule has 4 bridgehead atoms.